The van der Waals surface area contributed by atoms with E-state index >= 15 is 0 Å². The van der Waals surface area contributed by atoms with Crippen molar-refractivity contribution >= 4 is 5.91 Å². The maximum Gasteiger partial charge on any atom is 0.257 e. The second-order valence-electron chi connectivity index (χ2n) is 7.29. The van der Waals surface area contributed by atoms with Crippen LogP contribution in [0.5, 0.6) is 5.75 Å². The second-order valence-corrected chi connectivity index (χ2v) is 7.29. The van der Waals surface area contributed by atoms with Gasteiger partial charge >= 0.3 is 0 Å². The van der Waals surface area contributed by atoms with E-state index in [9.17, 15) is 4.79 Å². The van der Waals surface area contributed by atoms with Crippen LogP contribution in [0.2, 0.25) is 0 Å². The highest BCUT2D eigenvalue weighted by molar-refractivity contribution is 5.98. The van der Waals surface area contributed by atoms with Crippen molar-refractivity contribution in [3.8, 4) is 5.75 Å². The molecule has 0 atom stereocenters. The summed E-state index contributed by atoms with van der Waals surface area (Å²) in [5, 5.41) is 0. The van der Waals surface area contributed by atoms with Crippen molar-refractivity contribution in [3.63, 3.8) is 0 Å². The van der Waals surface area contributed by atoms with Gasteiger partial charge < -0.3 is 9.64 Å². The van der Waals surface area contributed by atoms with Gasteiger partial charge in [0.05, 0.1) is 12.2 Å². The molecule has 2 heterocycles. The first-order chi connectivity index (χ1) is 12.2. The van der Waals surface area contributed by atoms with Gasteiger partial charge in [0.25, 0.3) is 5.91 Å². The molecule has 4 rings (SSSR count). The van der Waals surface area contributed by atoms with Crippen LogP contribution in [-0.2, 0) is 19.3 Å². The Morgan fingerprint density at radius 3 is 2.80 bits per heavy atom. The average molecular weight is 335 g/mol. The van der Waals surface area contributed by atoms with Crippen molar-refractivity contribution in [2.24, 2.45) is 5.92 Å². The predicted molar refractivity (Wildman–Crippen MR) is 99.3 cm³/mol. The minimum atomic E-state index is 0.134. The SMILES string of the molecule is CCc1cc2c(c(C(=O)N3CC(Cc4ccccc4C)C3)c1)OCC2. The first kappa shape index (κ1) is 16.2. The molecule has 0 aromatic heterocycles. The lowest BCUT2D eigenvalue weighted by atomic mass is 9.89. The molecule has 1 amide bonds. The third-order valence-corrected chi connectivity index (χ3v) is 5.50. The molecule has 2 aliphatic heterocycles. The molecule has 1 fully saturated rings. The van der Waals surface area contributed by atoms with E-state index in [1.54, 1.807) is 0 Å². The van der Waals surface area contributed by atoms with E-state index < -0.39 is 0 Å². The lowest BCUT2D eigenvalue weighted by Gasteiger charge is -2.40. The maximum absolute atomic E-state index is 13.0. The summed E-state index contributed by atoms with van der Waals surface area (Å²) in [4.78, 5) is 14.9. The molecule has 2 aliphatic rings. The number of carbonyl (C=O) groups is 1. The summed E-state index contributed by atoms with van der Waals surface area (Å²) in [6.07, 6.45) is 2.92. The Balaban J connectivity index is 1.46. The van der Waals surface area contributed by atoms with E-state index in [4.69, 9.17) is 4.74 Å². The van der Waals surface area contributed by atoms with Gasteiger partial charge in [-0.15, -0.1) is 0 Å². The number of likely N-dealkylation sites (tertiary alicyclic amines) is 1. The van der Waals surface area contributed by atoms with Crippen LogP contribution in [0, 0.1) is 12.8 Å². The van der Waals surface area contributed by atoms with Crippen molar-refractivity contribution < 1.29 is 9.53 Å². The molecule has 3 heteroatoms. The fourth-order valence-electron chi connectivity index (χ4n) is 3.92. The fourth-order valence-corrected chi connectivity index (χ4v) is 3.92. The molecule has 0 spiro atoms. The molecule has 3 nitrogen and oxygen atoms in total. The number of hydrogen-bond donors (Lipinski definition) is 0. The van der Waals surface area contributed by atoms with E-state index in [0.717, 1.165) is 43.7 Å². The third-order valence-electron chi connectivity index (χ3n) is 5.50. The number of amides is 1. The van der Waals surface area contributed by atoms with Crippen LogP contribution in [0.1, 0.15) is 39.5 Å². The summed E-state index contributed by atoms with van der Waals surface area (Å²) in [5.41, 5.74) is 5.93. The lowest BCUT2D eigenvalue weighted by molar-refractivity contribution is 0.0497. The van der Waals surface area contributed by atoms with Crippen LogP contribution in [0.15, 0.2) is 36.4 Å². The summed E-state index contributed by atoms with van der Waals surface area (Å²) in [5.74, 6) is 1.52. The largest absolute Gasteiger partial charge is 0.492 e. The normalized spacial score (nSPS) is 16.3. The molecule has 130 valence electrons. The molecule has 0 bridgehead atoms. The van der Waals surface area contributed by atoms with Gasteiger partial charge in [-0.1, -0.05) is 37.3 Å². The van der Waals surface area contributed by atoms with Crippen LogP contribution in [-0.4, -0.2) is 30.5 Å². The highest BCUT2D eigenvalue weighted by Gasteiger charge is 2.34. The molecule has 0 radical (unpaired) electrons. The van der Waals surface area contributed by atoms with Gasteiger partial charge in [-0.3, -0.25) is 4.79 Å². The molecule has 0 unspecified atom stereocenters. The second kappa shape index (κ2) is 6.55. The summed E-state index contributed by atoms with van der Waals surface area (Å²) in [6.45, 7) is 6.68. The van der Waals surface area contributed by atoms with E-state index in [1.807, 2.05) is 11.0 Å². The van der Waals surface area contributed by atoms with Gasteiger partial charge in [0.2, 0.25) is 0 Å². The van der Waals surface area contributed by atoms with Crippen molar-refractivity contribution in [2.45, 2.75) is 33.1 Å². The Kier molecular flexibility index (Phi) is 4.24. The van der Waals surface area contributed by atoms with Crippen molar-refractivity contribution in [3.05, 3.63) is 64.2 Å². The summed E-state index contributed by atoms with van der Waals surface area (Å²) < 4.78 is 5.76. The lowest BCUT2D eigenvalue weighted by Crippen LogP contribution is -2.50. The standard InChI is InChI=1S/C22H25NO2/c1-3-16-10-19-8-9-25-21(19)20(12-16)22(24)23-13-17(14-23)11-18-7-5-4-6-15(18)2/h4-7,10,12,17H,3,8-9,11,13-14H2,1-2H3. The van der Waals surface area contributed by atoms with E-state index in [1.165, 1.54) is 22.3 Å². The van der Waals surface area contributed by atoms with Crippen LogP contribution in [0.4, 0.5) is 0 Å². The summed E-state index contributed by atoms with van der Waals surface area (Å²) >= 11 is 0. The third kappa shape index (κ3) is 3.04. The number of aryl methyl sites for hydroxylation is 2. The van der Waals surface area contributed by atoms with Gasteiger partial charge in [-0.25, -0.2) is 0 Å². The monoisotopic (exact) mass is 335 g/mol. The molecular weight excluding hydrogens is 310 g/mol. The maximum atomic E-state index is 13.0. The Hall–Kier alpha value is -2.29. The van der Waals surface area contributed by atoms with Crippen molar-refractivity contribution in [2.75, 3.05) is 19.7 Å². The zero-order valence-corrected chi connectivity index (χ0v) is 15.0. The number of nitrogens with zero attached hydrogens (tertiary/aromatic N) is 1. The van der Waals surface area contributed by atoms with Crippen LogP contribution in [0.25, 0.3) is 0 Å². The molecule has 2 aromatic rings. The Labute approximate surface area is 149 Å². The zero-order chi connectivity index (χ0) is 17.4. The highest BCUT2D eigenvalue weighted by atomic mass is 16.5. The Bertz CT molecular complexity index is 806. The number of rotatable bonds is 4. The van der Waals surface area contributed by atoms with Gasteiger partial charge in [-0.2, -0.15) is 0 Å². The minimum Gasteiger partial charge on any atom is -0.492 e. The van der Waals surface area contributed by atoms with Gasteiger partial charge in [0.1, 0.15) is 5.75 Å². The number of benzene rings is 2. The number of carbonyl (C=O) groups excluding carboxylic acids is 1. The van der Waals surface area contributed by atoms with Gasteiger partial charge in [0, 0.05) is 19.5 Å². The van der Waals surface area contributed by atoms with Crippen LogP contribution >= 0.6 is 0 Å². The molecule has 25 heavy (non-hydrogen) atoms. The smallest absolute Gasteiger partial charge is 0.257 e. The zero-order valence-electron chi connectivity index (χ0n) is 15.0. The van der Waals surface area contributed by atoms with Crippen LogP contribution in [0.3, 0.4) is 0 Å². The van der Waals surface area contributed by atoms with E-state index in [-0.39, 0.29) is 5.91 Å². The minimum absolute atomic E-state index is 0.134. The number of hydrogen-bond acceptors (Lipinski definition) is 2. The highest BCUT2D eigenvalue weighted by Crippen LogP contribution is 2.34. The van der Waals surface area contributed by atoms with Gasteiger partial charge in [0.15, 0.2) is 0 Å². The number of fused-ring (bicyclic) bond motifs is 1. The summed E-state index contributed by atoms with van der Waals surface area (Å²) in [6, 6.07) is 12.8. The Morgan fingerprint density at radius 1 is 1.24 bits per heavy atom. The van der Waals surface area contributed by atoms with Crippen LogP contribution < -0.4 is 4.74 Å². The predicted octanol–water partition coefficient (Wildman–Crippen LogP) is 3.81. The molecule has 0 aliphatic carbocycles. The van der Waals surface area contributed by atoms with Crippen molar-refractivity contribution in [1.29, 1.82) is 0 Å². The van der Waals surface area contributed by atoms with E-state index in [2.05, 4.69) is 44.2 Å². The van der Waals surface area contributed by atoms with E-state index in [0.29, 0.717) is 12.5 Å². The Morgan fingerprint density at radius 2 is 2.04 bits per heavy atom. The first-order valence-electron chi connectivity index (χ1n) is 9.28. The fraction of sp³-hybridized carbons (Fsp3) is 0.409. The van der Waals surface area contributed by atoms with Crippen molar-refractivity contribution in [1.82, 2.24) is 4.90 Å². The molecule has 2 aromatic carbocycles. The topological polar surface area (TPSA) is 29.5 Å². The average Bonchev–Trinajstić information content (AvgIpc) is 3.06. The molecule has 0 saturated carbocycles. The molecular formula is C22H25NO2. The first-order valence-corrected chi connectivity index (χ1v) is 9.28. The molecule has 0 N–H and O–H groups in total. The summed E-state index contributed by atoms with van der Waals surface area (Å²) in [7, 11) is 0. The number of ether oxygens (including phenoxy) is 1. The van der Waals surface area contributed by atoms with Gasteiger partial charge in [-0.05, 0) is 54.0 Å². The molecule has 1 saturated heterocycles. The quantitative estimate of drug-likeness (QED) is 0.850.